The van der Waals surface area contributed by atoms with Gasteiger partial charge in [0.2, 0.25) is 5.91 Å². The van der Waals surface area contributed by atoms with E-state index in [0.717, 1.165) is 24.0 Å². The molecule has 1 aliphatic heterocycles. The molecule has 4 heteroatoms. The van der Waals surface area contributed by atoms with E-state index in [9.17, 15) is 4.79 Å². The lowest BCUT2D eigenvalue weighted by Gasteiger charge is -2.36. The molecule has 1 aliphatic rings. The number of ether oxygens (including phenoxy) is 1. The highest BCUT2D eigenvalue weighted by molar-refractivity contribution is 5.88. The number of nitrogens with one attached hydrogen (secondary N) is 1. The fourth-order valence-corrected chi connectivity index (χ4v) is 3.09. The van der Waals surface area contributed by atoms with Gasteiger partial charge in [-0.2, -0.15) is 0 Å². The van der Waals surface area contributed by atoms with Gasteiger partial charge in [0.05, 0.1) is 5.41 Å². The third-order valence-corrected chi connectivity index (χ3v) is 4.59. The molecule has 120 valence electrons. The zero-order valence-corrected chi connectivity index (χ0v) is 13.4. The average Bonchev–Trinajstić information content (AvgIpc) is 2.61. The van der Waals surface area contributed by atoms with Crippen LogP contribution in [0.1, 0.15) is 29.5 Å². The number of carbonyl (C=O) groups is 1. The van der Waals surface area contributed by atoms with Crippen molar-refractivity contribution < 1.29 is 9.53 Å². The first kappa shape index (κ1) is 15.7. The molecule has 1 N–H and O–H groups in total. The van der Waals surface area contributed by atoms with E-state index in [1.54, 1.807) is 12.4 Å². The molecule has 0 unspecified atom stereocenters. The molecule has 23 heavy (non-hydrogen) atoms. The van der Waals surface area contributed by atoms with Crippen molar-refractivity contribution in [1.82, 2.24) is 10.3 Å². The van der Waals surface area contributed by atoms with Gasteiger partial charge in [-0.25, -0.2) is 0 Å². The number of hydrogen-bond acceptors (Lipinski definition) is 3. The molecule has 4 nitrogen and oxygen atoms in total. The van der Waals surface area contributed by atoms with Crippen LogP contribution in [0.2, 0.25) is 0 Å². The lowest BCUT2D eigenvalue weighted by atomic mass is 9.73. The second-order valence-corrected chi connectivity index (χ2v) is 6.10. The van der Waals surface area contributed by atoms with E-state index in [1.165, 1.54) is 5.56 Å². The Hall–Kier alpha value is -2.20. The molecule has 3 rings (SSSR count). The summed E-state index contributed by atoms with van der Waals surface area (Å²) in [5, 5.41) is 3.10. The summed E-state index contributed by atoms with van der Waals surface area (Å²) in [5.74, 6) is 0.0847. The highest BCUT2D eigenvalue weighted by atomic mass is 16.5. The Morgan fingerprint density at radius 2 is 1.78 bits per heavy atom. The van der Waals surface area contributed by atoms with Gasteiger partial charge in [-0.1, -0.05) is 29.8 Å². The van der Waals surface area contributed by atoms with Gasteiger partial charge in [0.15, 0.2) is 0 Å². The molecule has 2 heterocycles. The first-order chi connectivity index (χ1) is 11.2. The second kappa shape index (κ2) is 6.92. The van der Waals surface area contributed by atoms with Crippen LogP contribution in [0.25, 0.3) is 0 Å². The van der Waals surface area contributed by atoms with Crippen molar-refractivity contribution in [3.63, 3.8) is 0 Å². The van der Waals surface area contributed by atoms with E-state index >= 15 is 0 Å². The molecule has 0 saturated carbocycles. The Kier molecular flexibility index (Phi) is 4.72. The Morgan fingerprint density at radius 3 is 2.43 bits per heavy atom. The van der Waals surface area contributed by atoms with Crippen LogP contribution in [0.15, 0.2) is 48.8 Å². The number of pyridine rings is 1. The molecular weight excluding hydrogens is 288 g/mol. The number of benzene rings is 1. The van der Waals surface area contributed by atoms with Crippen LogP contribution >= 0.6 is 0 Å². The molecule has 1 saturated heterocycles. The van der Waals surface area contributed by atoms with E-state index in [2.05, 4.69) is 41.5 Å². The molecule has 1 amide bonds. The molecular formula is C19H22N2O2. The predicted molar refractivity (Wildman–Crippen MR) is 89.0 cm³/mol. The maximum absolute atomic E-state index is 13.0. The molecule has 1 aromatic carbocycles. The minimum absolute atomic E-state index is 0.0847. The van der Waals surface area contributed by atoms with Crippen LogP contribution in [-0.2, 0) is 21.5 Å². The number of amides is 1. The monoisotopic (exact) mass is 310 g/mol. The molecule has 1 fully saturated rings. The first-order valence-electron chi connectivity index (χ1n) is 8.03. The van der Waals surface area contributed by atoms with Gasteiger partial charge in [-0.05, 0) is 43.0 Å². The standard InChI is InChI=1S/C19H22N2O2/c1-15-2-4-17(5-3-15)19(8-12-23-13-9-19)18(22)21-14-16-6-10-20-11-7-16/h2-7,10-11H,8-9,12-14H2,1H3,(H,21,22). The molecule has 0 bridgehead atoms. The number of rotatable bonds is 4. The summed E-state index contributed by atoms with van der Waals surface area (Å²) in [6.45, 7) is 3.83. The van der Waals surface area contributed by atoms with Crippen LogP contribution in [0.4, 0.5) is 0 Å². The Balaban J connectivity index is 1.80. The van der Waals surface area contributed by atoms with E-state index in [-0.39, 0.29) is 5.91 Å². The number of aryl methyl sites for hydroxylation is 1. The Labute approximate surface area is 136 Å². The zero-order valence-electron chi connectivity index (χ0n) is 13.4. The Morgan fingerprint density at radius 1 is 1.13 bits per heavy atom. The summed E-state index contributed by atoms with van der Waals surface area (Å²) < 4.78 is 5.49. The van der Waals surface area contributed by atoms with E-state index in [4.69, 9.17) is 4.74 Å². The minimum Gasteiger partial charge on any atom is -0.381 e. The van der Waals surface area contributed by atoms with Crippen molar-refractivity contribution in [2.75, 3.05) is 13.2 Å². The number of hydrogen-bond donors (Lipinski definition) is 1. The van der Waals surface area contributed by atoms with Gasteiger partial charge >= 0.3 is 0 Å². The van der Waals surface area contributed by atoms with Crippen LogP contribution in [0, 0.1) is 6.92 Å². The lowest BCUT2D eigenvalue weighted by Crippen LogP contribution is -2.47. The van der Waals surface area contributed by atoms with Crippen LogP contribution in [0.3, 0.4) is 0 Å². The van der Waals surface area contributed by atoms with Gasteiger partial charge in [0, 0.05) is 32.2 Å². The number of nitrogens with zero attached hydrogens (tertiary/aromatic N) is 1. The molecule has 0 spiro atoms. The van der Waals surface area contributed by atoms with Gasteiger partial charge < -0.3 is 10.1 Å². The highest BCUT2D eigenvalue weighted by Crippen LogP contribution is 2.35. The quantitative estimate of drug-likeness (QED) is 0.945. The summed E-state index contributed by atoms with van der Waals surface area (Å²) in [4.78, 5) is 17.0. The van der Waals surface area contributed by atoms with Crippen molar-refractivity contribution in [3.8, 4) is 0 Å². The summed E-state index contributed by atoms with van der Waals surface area (Å²) >= 11 is 0. The Bertz CT molecular complexity index is 647. The summed E-state index contributed by atoms with van der Waals surface area (Å²) in [5.41, 5.74) is 2.85. The average molecular weight is 310 g/mol. The molecule has 0 radical (unpaired) electrons. The SMILES string of the molecule is Cc1ccc(C2(C(=O)NCc3ccncc3)CCOCC2)cc1. The topological polar surface area (TPSA) is 51.2 Å². The fraction of sp³-hybridized carbons (Fsp3) is 0.368. The van der Waals surface area contributed by atoms with Crippen molar-refractivity contribution >= 4 is 5.91 Å². The third-order valence-electron chi connectivity index (χ3n) is 4.59. The van der Waals surface area contributed by atoms with Gasteiger partial charge in [0.25, 0.3) is 0 Å². The summed E-state index contributed by atoms with van der Waals surface area (Å²) in [6.07, 6.45) is 4.92. The van der Waals surface area contributed by atoms with Crippen LogP contribution in [0.5, 0.6) is 0 Å². The van der Waals surface area contributed by atoms with E-state index in [1.807, 2.05) is 12.1 Å². The minimum atomic E-state index is -0.487. The van der Waals surface area contributed by atoms with Crippen molar-refractivity contribution in [2.45, 2.75) is 31.7 Å². The van der Waals surface area contributed by atoms with Gasteiger partial charge in [-0.3, -0.25) is 9.78 Å². The summed E-state index contributed by atoms with van der Waals surface area (Å²) in [6, 6.07) is 12.1. The maximum Gasteiger partial charge on any atom is 0.231 e. The third kappa shape index (κ3) is 3.42. The maximum atomic E-state index is 13.0. The predicted octanol–water partition coefficient (Wildman–Crippen LogP) is 2.75. The number of carbonyl (C=O) groups excluding carboxylic acids is 1. The lowest BCUT2D eigenvalue weighted by molar-refractivity contribution is -0.130. The normalized spacial score (nSPS) is 16.7. The zero-order chi connectivity index (χ0) is 16.1. The molecule has 1 aromatic heterocycles. The fourth-order valence-electron chi connectivity index (χ4n) is 3.09. The largest absolute Gasteiger partial charge is 0.381 e. The van der Waals surface area contributed by atoms with Crippen molar-refractivity contribution in [2.24, 2.45) is 0 Å². The van der Waals surface area contributed by atoms with E-state index in [0.29, 0.717) is 19.8 Å². The van der Waals surface area contributed by atoms with Crippen LogP contribution < -0.4 is 5.32 Å². The van der Waals surface area contributed by atoms with Gasteiger partial charge in [0.1, 0.15) is 0 Å². The molecule has 2 aromatic rings. The first-order valence-corrected chi connectivity index (χ1v) is 8.03. The highest BCUT2D eigenvalue weighted by Gasteiger charge is 2.41. The summed E-state index contributed by atoms with van der Waals surface area (Å²) in [7, 11) is 0. The molecule has 0 aliphatic carbocycles. The van der Waals surface area contributed by atoms with Crippen LogP contribution in [-0.4, -0.2) is 24.1 Å². The van der Waals surface area contributed by atoms with Gasteiger partial charge in [-0.15, -0.1) is 0 Å². The smallest absolute Gasteiger partial charge is 0.231 e. The van der Waals surface area contributed by atoms with Crippen molar-refractivity contribution in [1.29, 1.82) is 0 Å². The molecule has 0 atom stereocenters. The van der Waals surface area contributed by atoms with Crippen molar-refractivity contribution in [3.05, 3.63) is 65.5 Å². The second-order valence-electron chi connectivity index (χ2n) is 6.10. The number of aromatic nitrogens is 1. The van der Waals surface area contributed by atoms with E-state index < -0.39 is 5.41 Å².